The first kappa shape index (κ1) is 67.3. The number of aliphatic hydroxyl groups excluding tert-OH is 1. The van der Waals surface area contributed by atoms with Crippen LogP contribution in [0.25, 0.3) is 21.7 Å². The minimum Gasteiger partial charge on any atom is -0.391 e. The van der Waals surface area contributed by atoms with E-state index in [9.17, 15) is 43.5 Å². The Bertz CT molecular complexity index is 3270. The monoisotopic (exact) mass is 1240 g/mol. The van der Waals surface area contributed by atoms with Gasteiger partial charge in [-0.2, -0.15) is 30.7 Å². The van der Waals surface area contributed by atoms with Crippen LogP contribution in [0, 0.1) is 0 Å². The molecule has 27 heteroatoms. The lowest BCUT2D eigenvalue weighted by atomic mass is 10.0. The number of anilines is 1. The van der Waals surface area contributed by atoms with Gasteiger partial charge in [0, 0.05) is 65.0 Å². The van der Waals surface area contributed by atoms with Crippen LogP contribution in [-0.2, 0) is 68.9 Å². The number of halogens is 1. The maximum atomic E-state index is 14.9. The van der Waals surface area contributed by atoms with Gasteiger partial charge in [0.1, 0.15) is 48.5 Å². The molecule has 5 aromatic carbocycles. The largest absolute Gasteiger partial charge is 0.391 e. The topological polar surface area (TPSA) is 377 Å². The minimum atomic E-state index is -1.70. The van der Waals surface area contributed by atoms with Gasteiger partial charge in [-0.05, 0) is 96.1 Å². The first-order valence-corrected chi connectivity index (χ1v) is 29.3. The number of nitrogens with two attached hydrogens (primary N) is 3. The van der Waals surface area contributed by atoms with Gasteiger partial charge in [-0.1, -0.05) is 96.5 Å². The third-order valence-corrected chi connectivity index (χ3v) is 14.8. The fraction of sp³-hybridized carbons (Fsp3) is 0.356. The summed E-state index contributed by atoms with van der Waals surface area (Å²) in [7, 11) is 1.27. The molecule has 24 nitrogen and oxygen atoms in total. The Labute approximate surface area is 513 Å². The summed E-state index contributed by atoms with van der Waals surface area (Å²) in [5.41, 5.74) is 26.3. The fourth-order valence-electron chi connectivity index (χ4n) is 9.18. The number of nitrogens with one attached hydrogen (secondary N) is 10. The van der Waals surface area contributed by atoms with Gasteiger partial charge in [-0.3, -0.25) is 43.2 Å². The van der Waals surface area contributed by atoms with Crippen LogP contribution in [0.2, 0.25) is 5.02 Å². The van der Waals surface area contributed by atoms with Gasteiger partial charge in [0.05, 0.1) is 13.2 Å². The van der Waals surface area contributed by atoms with Gasteiger partial charge in [0.25, 0.3) is 0 Å². The van der Waals surface area contributed by atoms with Crippen molar-refractivity contribution in [1.29, 1.82) is 0 Å². The average molecular weight is 1240 g/mol. The number of carbonyl (C=O) groups excluding carboxylic acids is 8. The number of urea groups is 1. The molecule has 0 aliphatic rings. The highest BCUT2D eigenvalue weighted by molar-refractivity contribution is 7.80. The summed E-state index contributed by atoms with van der Waals surface area (Å²) in [6.07, 6.45) is -0.138. The molecule has 0 radical (unpaired) electrons. The molecule has 17 N–H and O–H groups in total. The fourth-order valence-corrected chi connectivity index (χ4v) is 9.80. The van der Waals surface area contributed by atoms with E-state index in [0.29, 0.717) is 40.2 Å². The van der Waals surface area contributed by atoms with Crippen LogP contribution < -0.4 is 65.4 Å². The third-order valence-electron chi connectivity index (χ3n) is 13.8. The highest BCUT2D eigenvalue weighted by atomic mass is 35.5. The molecule has 0 fully saturated rings. The van der Waals surface area contributed by atoms with Crippen molar-refractivity contribution >= 4 is 112 Å². The molecular formula is C59H74ClN13O11S2. The molecule has 0 saturated heterocycles. The van der Waals surface area contributed by atoms with Crippen molar-refractivity contribution in [1.82, 2.24) is 47.8 Å². The Morgan fingerprint density at radius 2 is 1.16 bits per heavy atom. The number of aliphatic hydroxyl groups is 1. The molecule has 0 saturated carbocycles. The van der Waals surface area contributed by atoms with Crippen molar-refractivity contribution in [2.24, 2.45) is 17.2 Å². The van der Waals surface area contributed by atoms with Gasteiger partial charge >= 0.3 is 6.03 Å². The quantitative estimate of drug-likeness (QED) is 0.0121. The lowest BCUT2D eigenvalue weighted by Crippen LogP contribution is -2.62. The molecule has 6 rings (SSSR count). The molecule has 0 spiro atoms. The summed E-state index contributed by atoms with van der Waals surface area (Å²) < 4.78 is 0. The Balaban J connectivity index is 1.22. The molecule has 0 aliphatic heterocycles. The van der Waals surface area contributed by atoms with E-state index < -0.39 is 102 Å². The molecule has 1 heterocycles. The molecule has 460 valence electrons. The summed E-state index contributed by atoms with van der Waals surface area (Å²) in [5.74, 6) is -6.35. The number of hydroxylamine groups is 2. The van der Waals surface area contributed by atoms with Crippen molar-refractivity contribution in [2.45, 2.75) is 106 Å². The van der Waals surface area contributed by atoms with E-state index in [4.69, 9.17) is 33.6 Å². The third kappa shape index (κ3) is 20.4. The number of hydrogen-bond donors (Lipinski definition) is 16. The van der Waals surface area contributed by atoms with E-state index in [0.717, 1.165) is 27.2 Å². The Morgan fingerprint density at radius 1 is 0.616 bits per heavy atom. The van der Waals surface area contributed by atoms with Crippen LogP contribution in [0.3, 0.4) is 0 Å². The normalized spacial score (nSPS) is 14.4. The van der Waals surface area contributed by atoms with Gasteiger partial charge in [-0.25, -0.2) is 10.3 Å². The number of fused-ring (bicyclic) bond motifs is 2. The zero-order valence-corrected chi connectivity index (χ0v) is 49.9. The number of unbranched alkanes of at least 4 members (excludes halogenated alkanes) is 1. The van der Waals surface area contributed by atoms with E-state index in [1.54, 1.807) is 66.9 Å². The molecular weight excluding hydrogens is 1170 g/mol. The van der Waals surface area contributed by atoms with E-state index >= 15 is 0 Å². The SMILES string of the molecule is CONC(=O)Nc1ccc(C[C@H](NC(=O)[C@@H](CS)NO[C@@H](N)Cc2ccc(Cl)cc2)C(=O)N[C@H](Cc2c[nH]c3ccccc23)C(=O)N[C@@H](CCCCN)C(=O)N[C@H](C(=O)N[C@@H](CS)C(=O)N[C@@H](Cc2ccc3ccccc3c2)C(N)=O)[C@@H](C)O)cc1. The summed E-state index contributed by atoms with van der Waals surface area (Å²) in [4.78, 5) is 124. The van der Waals surface area contributed by atoms with Crippen LogP contribution in [0.1, 0.15) is 48.4 Å². The van der Waals surface area contributed by atoms with E-state index in [2.05, 4.69) is 83.3 Å². The summed E-state index contributed by atoms with van der Waals surface area (Å²) >= 11 is 14.7. The van der Waals surface area contributed by atoms with Crippen molar-refractivity contribution in [3.63, 3.8) is 0 Å². The number of aromatic amines is 1. The number of carbonyl (C=O) groups is 8. The van der Waals surface area contributed by atoms with E-state index in [-0.39, 0.29) is 50.2 Å². The molecule has 6 aromatic rings. The average Bonchev–Trinajstić information content (AvgIpc) is 2.67. The Kier molecular flexibility index (Phi) is 26.5. The number of hydrogen-bond acceptors (Lipinski definition) is 16. The second-order valence-corrected chi connectivity index (χ2v) is 21.5. The number of rotatable bonds is 33. The number of thiol groups is 2. The van der Waals surface area contributed by atoms with Gasteiger partial charge in [0.2, 0.25) is 41.4 Å². The number of aromatic nitrogens is 1. The van der Waals surface area contributed by atoms with Gasteiger partial charge < -0.3 is 64.5 Å². The standard InChI is InChI=1S/C59H74ClN13O11S2/c1-33(74)51(58(81)70-48(31-85)56(79)67-45(52(63)75)27-36-14-19-37-9-3-4-10-38(37)25-36)71-53(76)44(13-7-8-24-61)66-55(78)47(29-39-30-64-43-12-6-5-11-42(39)43)69-54(77)46(26-34-17-22-41(23-18-34)65-59(82)73-83-2)68-57(80)49(32-86)72-84-50(62)28-35-15-20-40(60)21-16-35/h3-6,9-12,14-23,25,30,33,44-51,64,72,74,85-86H,7-8,13,24,26-29,31-32,61-62H2,1-2H3,(H2,63,75)(H,66,78)(H,67,79)(H,68,80)(H,69,77)(H,70,81)(H,71,76)(H2,65,73,82)/t33-,44+,45+,46+,47-,48+,49-,50-,51+/m1/s1. The van der Waals surface area contributed by atoms with Crippen LogP contribution in [0.5, 0.6) is 0 Å². The molecule has 1 aromatic heterocycles. The van der Waals surface area contributed by atoms with Crippen molar-refractivity contribution < 1.29 is 53.1 Å². The van der Waals surface area contributed by atoms with E-state index in [1.807, 2.05) is 54.6 Å². The van der Waals surface area contributed by atoms with Gasteiger partial charge in [0.15, 0.2) is 0 Å². The number of H-pyrrole nitrogens is 1. The predicted octanol–water partition coefficient (Wildman–Crippen LogP) is 1.87. The van der Waals surface area contributed by atoms with Crippen LogP contribution >= 0.6 is 36.9 Å². The summed E-state index contributed by atoms with van der Waals surface area (Å²) in [5, 5.41) is 32.6. The van der Waals surface area contributed by atoms with Crippen molar-refractivity contribution in [3.05, 3.63) is 149 Å². The van der Waals surface area contributed by atoms with Gasteiger partial charge in [-0.15, -0.1) is 0 Å². The zero-order valence-electron chi connectivity index (χ0n) is 47.3. The van der Waals surface area contributed by atoms with Crippen LogP contribution in [-0.4, -0.2) is 137 Å². The maximum absolute atomic E-state index is 14.9. The maximum Gasteiger partial charge on any atom is 0.343 e. The second kappa shape index (κ2) is 33.8. The van der Waals surface area contributed by atoms with Crippen LogP contribution in [0.15, 0.2) is 121 Å². The minimum absolute atomic E-state index is 0.0235. The van der Waals surface area contributed by atoms with Crippen molar-refractivity contribution in [3.8, 4) is 0 Å². The van der Waals surface area contributed by atoms with E-state index in [1.165, 1.54) is 14.0 Å². The zero-order chi connectivity index (χ0) is 62.3. The second-order valence-electron chi connectivity index (χ2n) is 20.4. The lowest BCUT2D eigenvalue weighted by Gasteiger charge is -2.28. The summed E-state index contributed by atoms with van der Waals surface area (Å²) in [6, 6.07) is 23.4. The Morgan fingerprint density at radius 3 is 1.81 bits per heavy atom. The number of amides is 9. The van der Waals surface area contributed by atoms with Crippen LogP contribution in [0.4, 0.5) is 10.5 Å². The smallest absolute Gasteiger partial charge is 0.343 e. The number of benzene rings is 5. The molecule has 0 aliphatic carbocycles. The summed E-state index contributed by atoms with van der Waals surface area (Å²) in [6.45, 7) is 1.47. The molecule has 9 amide bonds. The number of primary amides is 1. The van der Waals surface area contributed by atoms with Crippen molar-refractivity contribution in [2.75, 3.05) is 30.5 Å². The first-order chi connectivity index (χ1) is 41.3. The lowest BCUT2D eigenvalue weighted by molar-refractivity contribution is -0.137. The molecule has 9 atom stereocenters. The highest BCUT2D eigenvalue weighted by Crippen LogP contribution is 2.21. The molecule has 86 heavy (non-hydrogen) atoms. The first-order valence-electron chi connectivity index (χ1n) is 27.6. The molecule has 0 unspecified atom stereocenters. The number of para-hydroxylation sites is 1. The molecule has 0 bridgehead atoms. The predicted molar refractivity (Wildman–Crippen MR) is 333 cm³/mol. The highest BCUT2D eigenvalue weighted by Gasteiger charge is 2.36. The Hall–Kier alpha value is -7.79.